The summed E-state index contributed by atoms with van der Waals surface area (Å²) in [4.78, 5) is 12.1. The molecular formula is C15H22N2O2. The van der Waals surface area contributed by atoms with Crippen molar-refractivity contribution < 1.29 is 9.53 Å². The molecule has 1 aliphatic heterocycles. The van der Waals surface area contributed by atoms with Gasteiger partial charge in [0.1, 0.15) is 5.75 Å². The molecule has 1 heterocycles. The number of hydrogen-bond acceptors (Lipinski definition) is 3. The number of ether oxygens (including phenoxy) is 1. The number of amides is 1. The van der Waals surface area contributed by atoms with Gasteiger partial charge in [-0.15, -0.1) is 0 Å². The highest BCUT2D eigenvalue weighted by atomic mass is 16.5. The van der Waals surface area contributed by atoms with Crippen LogP contribution < -0.4 is 15.4 Å². The van der Waals surface area contributed by atoms with E-state index in [2.05, 4.69) is 17.6 Å². The van der Waals surface area contributed by atoms with Crippen molar-refractivity contribution in [1.29, 1.82) is 0 Å². The molecule has 2 atom stereocenters. The van der Waals surface area contributed by atoms with Gasteiger partial charge in [0, 0.05) is 11.6 Å². The van der Waals surface area contributed by atoms with Crippen LogP contribution in [0.5, 0.6) is 5.75 Å². The van der Waals surface area contributed by atoms with Crippen LogP contribution in [0.3, 0.4) is 0 Å². The van der Waals surface area contributed by atoms with Crippen molar-refractivity contribution in [2.75, 3.05) is 19.7 Å². The summed E-state index contributed by atoms with van der Waals surface area (Å²) in [5, 5.41) is 6.39. The van der Waals surface area contributed by atoms with Gasteiger partial charge in [0.25, 0.3) is 5.91 Å². The molecule has 0 radical (unpaired) electrons. The molecule has 19 heavy (non-hydrogen) atoms. The molecule has 0 aliphatic carbocycles. The highest BCUT2D eigenvalue weighted by Crippen LogP contribution is 2.15. The lowest BCUT2D eigenvalue weighted by molar-refractivity contribution is 0.0929. The Morgan fingerprint density at radius 3 is 2.79 bits per heavy atom. The van der Waals surface area contributed by atoms with E-state index in [0.29, 0.717) is 18.1 Å². The first kappa shape index (κ1) is 13.9. The van der Waals surface area contributed by atoms with Crippen LogP contribution in [0.25, 0.3) is 0 Å². The summed E-state index contributed by atoms with van der Waals surface area (Å²) in [6.07, 6.45) is 1.13. The Hall–Kier alpha value is -1.55. The van der Waals surface area contributed by atoms with Crippen LogP contribution in [-0.4, -0.2) is 31.6 Å². The molecule has 1 amide bonds. The zero-order valence-corrected chi connectivity index (χ0v) is 11.6. The molecule has 1 aliphatic rings. The Labute approximate surface area is 114 Å². The van der Waals surface area contributed by atoms with Gasteiger partial charge < -0.3 is 15.4 Å². The molecule has 1 aromatic rings. The quantitative estimate of drug-likeness (QED) is 0.851. The summed E-state index contributed by atoms with van der Waals surface area (Å²) in [6, 6.07) is 7.48. The van der Waals surface area contributed by atoms with E-state index < -0.39 is 0 Å². The third-order valence-corrected chi connectivity index (χ3v) is 3.59. The maximum Gasteiger partial charge on any atom is 0.251 e. The van der Waals surface area contributed by atoms with Gasteiger partial charge >= 0.3 is 0 Å². The predicted molar refractivity (Wildman–Crippen MR) is 75.5 cm³/mol. The Kier molecular flexibility index (Phi) is 4.80. The highest BCUT2D eigenvalue weighted by molar-refractivity contribution is 5.94. The van der Waals surface area contributed by atoms with E-state index in [-0.39, 0.29) is 11.9 Å². The van der Waals surface area contributed by atoms with Crippen molar-refractivity contribution in [2.45, 2.75) is 26.3 Å². The largest absolute Gasteiger partial charge is 0.494 e. The lowest BCUT2D eigenvalue weighted by atomic mass is 10.0. The van der Waals surface area contributed by atoms with E-state index in [1.807, 2.05) is 19.1 Å². The number of carbonyl (C=O) groups is 1. The first-order valence-corrected chi connectivity index (χ1v) is 6.95. The molecule has 0 saturated carbocycles. The number of carbonyl (C=O) groups excluding carboxylic acids is 1. The molecule has 1 saturated heterocycles. The molecule has 4 heteroatoms. The van der Waals surface area contributed by atoms with E-state index >= 15 is 0 Å². The summed E-state index contributed by atoms with van der Waals surface area (Å²) >= 11 is 0. The van der Waals surface area contributed by atoms with Crippen molar-refractivity contribution in [1.82, 2.24) is 10.6 Å². The molecule has 2 rings (SSSR count). The number of rotatable bonds is 5. The first-order valence-electron chi connectivity index (χ1n) is 6.95. The van der Waals surface area contributed by atoms with Gasteiger partial charge in [0.2, 0.25) is 0 Å². The van der Waals surface area contributed by atoms with Crippen LogP contribution in [0.1, 0.15) is 30.6 Å². The SMILES string of the molecule is CCOc1ccc(C(=O)NC(C)C2CCNC2)cc1. The third kappa shape index (κ3) is 3.70. The molecule has 104 valence electrons. The van der Waals surface area contributed by atoms with Gasteiger partial charge in [0.05, 0.1) is 6.61 Å². The molecule has 2 unspecified atom stereocenters. The lowest BCUT2D eigenvalue weighted by Gasteiger charge is -2.19. The monoisotopic (exact) mass is 262 g/mol. The summed E-state index contributed by atoms with van der Waals surface area (Å²) in [7, 11) is 0. The third-order valence-electron chi connectivity index (χ3n) is 3.59. The first-order chi connectivity index (χ1) is 9.20. The van der Waals surface area contributed by atoms with E-state index in [1.54, 1.807) is 12.1 Å². The molecule has 1 aromatic carbocycles. The van der Waals surface area contributed by atoms with E-state index in [9.17, 15) is 4.79 Å². The van der Waals surface area contributed by atoms with Gasteiger partial charge in [-0.25, -0.2) is 0 Å². The predicted octanol–water partition coefficient (Wildman–Crippen LogP) is 1.81. The minimum absolute atomic E-state index is 0.0116. The maximum atomic E-state index is 12.1. The molecule has 0 aromatic heterocycles. The average molecular weight is 262 g/mol. The second-order valence-electron chi connectivity index (χ2n) is 4.97. The van der Waals surface area contributed by atoms with Crippen molar-refractivity contribution in [2.24, 2.45) is 5.92 Å². The standard InChI is InChI=1S/C15H22N2O2/c1-3-19-14-6-4-12(5-7-14)15(18)17-11(2)13-8-9-16-10-13/h4-7,11,13,16H,3,8-10H2,1-2H3,(H,17,18). The molecule has 4 nitrogen and oxygen atoms in total. The van der Waals surface area contributed by atoms with Gasteiger partial charge in [-0.05, 0) is 63.5 Å². The minimum atomic E-state index is -0.0116. The Morgan fingerprint density at radius 1 is 1.47 bits per heavy atom. The normalized spacial score (nSPS) is 20.0. The van der Waals surface area contributed by atoms with Crippen molar-refractivity contribution in [3.8, 4) is 5.75 Å². The highest BCUT2D eigenvalue weighted by Gasteiger charge is 2.22. The smallest absolute Gasteiger partial charge is 0.251 e. The van der Waals surface area contributed by atoms with E-state index in [1.165, 1.54) is 0 Å². The van der Waals surface area contributed by atoms with Crippen molar-refractivity contribution in [3.63, 3.8) is 0 Å². The van der Waals surface area contributed by atoms with Gasteiger partial charge in [-0.1, -0.05) is 0 Å². The second kappa shape index (κ2) is 6.57. The van der Waals surface area contributed by atoms with Crippen LogP contribution >= 0.6 is 0 Å². The Bertz CT molecular complexity index is 411. The summed E-state index contributed by atoms with van der Waals surface area (Å²) in [5.41, 5.74) is 0.682. The van der Waals surface area contributed by atoms with Crippen LogP contribution in [0.15, 0.2) is 24.3 Å². The molecule has 0 bridgehead atoms. The zero-order valence-electron chi connectivity index (χ0n) is 11.6. The molecular weight excluding hydrogens is 240 g/mol. The average Bonchev–Trinajstić information content (AvgIpc) is 2.94. The molecule has 2 N–H and O–H groups in total. The van der Waals surface area contributed by atoms with Gasteiger partial charge in [-0.3, -0.25) is 4.79 Å². The number of nitrogens with one attached hydrogen (secondary N) is 2. The maximum absolute atomic E-state index is 12.1. The van der Waals surface area contributed by atoms with E-state index in [0.717, 1.165) is 25.3 Å². The topological polar surface area (TPSA) is 50.4 Å². The van der Waals surface area contributed by atoms with Crippen LogP contribution in [0, 0.1) is 5.92 Å². The van der Waals surface area contributed by atoms with Crippen LogP contribution in [-0.2, 0) is 0 Å². The summed E-state index contributed by atoms with van der Waals surface area (Å²) in [6.45, 7) is 6.69. The minimum Gasteiger partial charge on any atom is -0.494 e. The lowest BCUT2D eigenvalue weighted by Crippen LogP contribution is -2.38. The molecule has 0 spiro atoms. The van der Waals surface area contributed by atoms with Gasteiger partial charge in [-0.2, -0.15) is 0 Å². The van der Waals surface area contributed by atoms with Gasteiger partial charge in [0.15, 0.2) is 0 Å². The number of hydrogen-bond donors (Lipinski definition) is 2. The van der Waals surface area contributed by atoms with Crippen molar-refractivity contribution >= 4 is 5.91 Å². The second-order valence-corrected chi connectivity index (χ2v) is 4.97. The van der Waals surface area contributed by atoms with Crippen LogP contribution in [0.2, 0.25) is 0 Å². The van der Waals surface area contributed by atoms with Crippen LogP contribution in [0.4, 0.5) is 0 Å². The number of benzene rings is 1. The Balaban J connectivity index is 1.91. The fourth-order valence-corrected chi connectivity index (χ4v) is 2.38. The summed E-state index contributed by atoms with van der Waals surface area (Å²) < 4.78 is 5.36. The Morgan fingerprint density at radius 2 is 2.21 bits per heavy atom. The fourth-order valence-electron chi connectivity index (χ4n) is 2.38. The zero-order chi connectivity index (χ0) is 13.7. The fraction of sp³-hybridized carbons (Fsp3) is 0.533. The summed E-state index contributed by atoms with van der Waals surface area (Å²) in [5.74, 6) is 1.32. The van der Waals surface area contributed by atoms with Crippen molar-refractivity contribution in [3.05, 3.63) is 29.8 Å². The molecule has 1 fully saturated rings. The van der Waals surface area contributed by atoms with E-state index in [4.69, 9.17) is 4.74 Å².